The van der Waals surface area contributed by atoms with Crippen molar-refractivity contribution in [2.24, 2.45) is 7.05 Å². The van der Waals surface area contributed by atoms with Gasteiger partial charge in [0.15, 0.2) is 17.3 Å². The van der Waals surface area contributed by atoms with Gasteiger partial charge >= 0.3 is 0 Å². The van der Waals surface area contributed by atoms with Gasteiger partial charge in [-0.2, -0.15) is 10.1 Å². The average molecular weight is 423 g/mol. The lowest BCUT2D eigenvalue weighted by Crippen LogP contribution is -2.27. The molecule has 0 saturated carbocycles. The molecule has 0 spiro atoms. The molecule has 4 rings (SSSR count). The molecule has 2 aromatic heterocycles. The van der Waals surface area contributed by atoms with Crippen LogP contribution in [0.1, 0.15) is 35.1 Å². The van der Waals surface area contributed by atoms with Gasteiger partial charge in [0, 0.05) is 29.6 Å². The van der Waals surface area contributed by atoms with Crippen molar-refractivity contribution < 1.29 is 9.32 Å². The topological polar surface area (TPSA) is 97.9 Å². The van der Waals surface area contributed by atoms with E-state index in [1.54, 1.807) is 42.1 Å². The Balaban J connectivity index is 0.00000225. The van der Waals surface area contributed by atoms with E-state index in [1.165, 1.54) is 0 Å². The lowest BCUT2D eigenvalue weighted by atomic mass is 9.98. The van der Waals surface area contributed by atoms with E-state index in [0.29, 0.717) is 22.6 Å². The Labute approximate surface area is 173 Å². The smallest absolute Gasteiger partial charge is 0.280 e. The SMILES string of the molecule is Cl.Cn1nc(C2CCNCC2)nc1NC(=O)c1cc(-c2ccc(Cl)cc2)on1. The van der Waals surface area contributed by atoms with E-state index in [1.807, 2.05) is 0 Å². The van der Waals surface area contributed by atoms with Crippen LogP contribution in [0, 0.1) is 0 Å². The van der Waals surface area contributed by atoms with E-state index in [2.05, 4.69) is 25.9 Å². The number of aryl methyl sites for hydroxylation is 1. The van der Waals surface area contributed by atoms with Crippen LogP contribution < -0.4 is 10.6 Å². The molecule has 2 N–H and O–H groups in total. The standard InChI is InChI=1S/C18H19ClN6O2.ClH/c1-25-18(21-16(23-25)12-6-8-20-9-7-12)22-17(26)14-10-15(27-24-14)11-2-4-13(19)5-3-11;/h2-5,10,12,20H,6-9H2,1H3,(H,21,22,23,26);1H. The molecule has 0 unspecified atom stereocenters. The van der Waals surface area contributed by atoms with Crippen LogP contribution in [0.3, 0.4) is 0 Å². The number of hydrogen-bond acceptors (Lipinski definition) is 6. The molecule has 1 amide bonds. The van der Waals surface area contributed by atoms with Gasteiger partial charge in [0.1, 0.15) is 0 Å². The van der Waals surface area contributed by atoms with E-state index in [4.69, 9.17) is 16.1 Å². The van der Waals surface area contributed by atoms with E-state index in [-0.39, 0.29) is 18.1 Å². The van der Waals surface area contributed by atoms with Crippen LogP contribution in [0.2, 0.25) is 5.02 Å². The summed E-state index contributed by atoms with van der Waals surface area (Å²) in [5.41, 5.74) is 0.962. The first-order valence-corrected chi connectivity index (χ1v) is 9.13. The summed E-state index contributed by atoms with van der Waals surface area (Å²) < 4.78 is 6.86. The highest BCUT2D eigenvalue weighted by atomic mass is 35.5. The van der Waals surface area contributed by atoms with Crippen molar-refractivity contribution in [1.82, 2.24) is 25.2 Å². The Kier molecular flexibility index (Phi) is 6.33. The molecule has 1 aliphatic heterocycles. The number of nitrogens with one attached hydrogen (secondary N) is 2. The summed E-state index contributed by atoms with van der Waals surface area (Å²) in [6, 6.07) is 8.70. The predicted molar refractivity (Wildman–Crippen MR) is 108 cm³/mol. The van der Waals surface area contributed by atoms with Gasteiger partial charge < -0.3 is 9.84 Å². The third-order valence-corrected chi connectivity index (χ3v) is 4.83. The highest BCUT2D eigenvalue weighted by molar-refractivity contribution is 6.30. The summed E-state index contributed by atoms with van der Waals surface area (Å²) >= 11 is 5.89. The summed E-state index contributed by atoms with van der Waals surface area (Å²) in [5.74, 6) is 1.56. The number of carbonyl (C=O) groups is 1. The summed E-state index contributed by atoms with van der Waals surface area (Å²) in [6.07, 6.45) is 1.98. The summed E-state index contributed by atoms with van der Waals surface area (Å²) in [6.45, 7) is 1.91. The van der Waals surface area contributed by atoms with Crippen LogP contribution in [0.5, 0.6) is 0 Å². The van der Waals surface area contributed by atoms with E-state index < -0.39 is 5.91 Å². The summed E-state index contributed by atoms with van der Waals surface area (Å²) in [7, 11) is 1.76. The van der Waals surface area contributed by atoms with Crippen LogP contribution in [-0.4, -0.2) is 38.9 Å². The maximum atomic E-state index is 12.5. The fourth-order valence-electron chi connectivity index (χ4n) is 3.06. The molecule has 0 atom stereocenters. The monoisotopic (exact) mass is 422 g/mol. The fourth-order valence-corrected chi connectivity index (χ4v) is 3.19. The molecular formula is C18H20Cl2N6O2. The van der Waals surface area contributed by atoms with Crippen LogP contribution in [-0.2, 0) is 7.05 Å². The number of halogens is 2. The summed E-state index contributed by atoms with van der Waals surface area (Å²) in [4.78, 5) is 17.0. The molecule has 0 aliphatic carbocycles. The lowest BCUT2D eigenvalue weighted by Gasteiger charge is -2.19. The van der Waals surface area contributed by atoms with Crippen LogP contribution in [0.4, 0.5) is 5.95 Å². The zero-order valence-corrected chi connectivity index (χ0v) is 16.8. The number of nitrogens with zero attached hydrogens (tertiary/aromatic N) is 4. The molecule has 1 aromatic carbocycles. The highest BCUT2D eigenvalue weighted by Crippen LogP contribution is 2.24. The molecule has 1 aliphatic rings. The maximum Gasteiger partial charge on any atom is 0.280 e. The second-order valence-electron chi connectivity index (χ2n) is 6.48. The Hall–Kier alpha value is -2.42. The van der Waals surface area contributed by atoms with Crippen molar-refractivity contribution in [2.45, 2.75) is 18.8 Å². The molecule has 3 heterocycles. The first kappa shape index (κ1) is 20.3. The zero-order valence-electron chi connectivity index (χ0n) is 15.2. The van der Waals surface area contributed by atoms with Crippen molar-refractivity contribution in [1.29, 1.82) is 0 Å². The number of hydrogen-bond donors (Lipinski definition) is 2. The molecule has 8 nitrogen and oxygen atoms in total. The van der Waals surface area contributed by atoms with Crippen LogP contribution in [0.25, 0.3) is 11.3 Å². The van der Waals surface area contributed by atoms with Gasteiger partial charge in [0.2, 0.25) is 5.95 Å². The fraction of sp³-hybridized carbons (Fsp3) is 0.333. The Morgan fingerprint density at radius 1 is 1.29 bits per heavy atom. The number of rotatable bonds is 4. The van der Waals surface area contributed by atoms with Gasteiger partial charge in [0.05, 0.1) is 0 Å². The van der Waals surface area contributed by atoms with E-state index >= 15 is 0 Å². The molecule has 1 fully saturated rings. The summed E-state index contributed by atoms with van der Waals surface area (Å²) in [5, 5.41) is 15.0. The zero-order chi connectivity index (χ0) is 18.8. The molecular weight excluding hydrogens is 403 g/mol. The quantitative estimate of drug-likeness (QED) is 0.669. The van der Waals surface area contributed by atoms with E-state index in [9.17, 15) is 4.79 Å². The van der Waals surface area contributed by atoms with Gasteiger partial charge in [-0.1, -0.05) is 16.8 Å². The van der Waals surface area contributed by atoms with Crippen molar-refractivity contribution in [2.75, 3.05) is 18.4 Å². The molecule has 10 heteroatoms. The molecule has 1 saturated heterocycles. The number of anilines is 1. The Morgan fingerprint density at radius 2 is 2.00 bits per heavy atom. The van der Waals surface area contributed by atoms with Gasteiger partial charge in [-0.05, 0) is 50.2 Å². The van der Waals surface area contributed by atoms with E-state index in [0.717, 1.165) is 37.3 Å². The largest absolute Gasteiger partial charge is 0.355 e. The molecule has 3 aromatic rings. The van der Waals surface area contributed by atoms with Crippen LogP contribution in [0.15, 0.2) is 34.9 Å². The minimum Gasteiger partial charge on any atom is -0.355 e. The molecule has 0 radical (unpaired) electrons. The minimum atomic E-state index is -0.397. The van der Waals surface area contributed by atoms with Crippen molar-refractivity contribution >= 4 is 35.9 Å². The average Bonchev–Trinajstić information content (AvgIpc) is 3.31. The highest BCUT2D eigenvalue weighted by Gasteiger charge is 2.22. The predicted octanol–water partition coefficient (Wildman–Crippen LogP) is 3.26. The van der Waals surface area contributed by atoms with Crippen molar-refractivity contribution in [3.8, 4) is 11.3 Å². The lowest BCUT2D eigenvalue weighted by molar-refractivity contribution is 0.101. The van der Waals surface area contributed by atoms with Crippen molar-refractivity contribution in [3.63, 3.8) is 0 Å². The number of amides is 1. The molecule has 0 bridgehead atoms. The normalized spacial score (nSPS) is 14.5. The second kappa shape index (κ2) is 8.72. The number of benzene rings is 1. The Bertz CT molecular complexity index is 947. The Morgan fingerprint density at radius 3 is 2.71 bits per heavy atom. The van der Waals surface area contributed by atoms with Gasteiger partial charge in [-0.25, -0.2) is 4.68 Å². The molecule has 148 valence electrons. The third-order valence-electron chi connectivity index (χ3n) is 4.58. The first-order valence-electron chi connectivity index (χ1n) is 8.76. The number of carbonyl (C=O) groups excluding carboxylic acids is 1. The minimum absolute atomic E-state index is 0. The maximum absolute atomic E-state index is 12.5. The molecule has 28 heavy (non-hydrogen) atoms. The second-order valence-corrected chi connectivity index (χ2v) is 6.92. The first-order chi connectivity index (χ1) is 13.1. The number of piperidine rings is 1. The third kappa shape index (κ3) is 4.35. The van der Waals surface area contributed by atoms with Gasteiger partial charge in [-0.3, -0.25) is 10.1 Å². The number of aromatic nitrogens is 4. The van der Waals surface area contributed by atoms with Crippen LogP contribution >= 0.6 is 24.0 Å². The van der Waals surface area contributed by atoms with Crippen molar-refractivity contribution in [3.05, 3.63) is 46.9 Å². The van der Waals surface area contributed by atoms with Gasteiger partial charge in [0.25, 0.3) is 5.91 Å². The van der Waals surface area contributed by atoms with Gasteiger partial charge in [-0.15, -0.1) is 12.4 Å².